The first-order valence-electron chi connectivity index (χ1n) is 8.72. The SMILES string of the molecule is CCC(=O)Nc1cc(C2=NNC(=O)CC2C)ccc1N1CCOCC1. The maximum Gasteiger partial charge on any atom is 0.240 e. The van der Waals surface area contributed by atoms with Crippen LogP contribution in [-0.4, -0.2) is 43.8 Å². The Balaban J connectivity index is 1.94. The fourth-order valence-electron chi connectivity index (χ4n) is 3.12. The quantitative estimate of drug-likeness (QED) is 0.871. The minimum Gasteiger partial charge on any atom is -0.378 e. The molecule has 0 spiro atoms. The molecular formula is C18H24N4O3. The van der Waals surface area contributed by atoms with Crippen LogP contribution in [0.5, 0.6) is 0 Å². The Bertz CT molecular complexity index is 696. The van der Waals surface area contributed by atoms with Crippen molar-refractivity contribution in [1.29, 1.82) is 0 Å². The summed E-state index contributed by atoms with van der Waals surface area (Å²) in [5, 5.41) is 7.21. The summed E-state index contributed by atoms with van der Waals surface area (Å²) in [4.78, 5) is 25.7. The largest absolute Gasteiger partial charge is 0.378 e. The van der Waals surface area contributed by atoms with Crippen LogP contribution in [0.15, 0.2) is 23.3 Å². The first kappa shape index (κ1) is 17.4. The van der Waals surface area contributed by atoms with Gasteiger partial charge in [-0.2, -0.15) is 5.10 Å². The standard InChI is InChI=1S/C18H24N4O3/c1-3-16(23)19-14-11-13(18-12(2)10-17(24)20-21-18)4-5-15(14)22-6-8-25-9-7-22/h4-5,11-12H,3,6-10H2,1-2H3,(H,19,23)(H,20,24). The molecule has 2 aliphatic heterocycles. The lowest BCUT2D eigenvalue weighted by molar-refractivity contribution is -0.122. The van der Waals surface area contributed by atoms with Gasteiger partial charge in [-0.3, -0.25) is 9.59 Å². The average Bonchev–Trinajstić information content (AvgIpc) is 2.62. The van der Waals surface area contributed by atoms with Gasteiger partial charge in [0.1, 0.15) is 0 Å². The summed E-state index contributed by atoms with van der Waals surface area (Å²) in [5.74, 6) is -0.0583. The molecule has 134 valence electrons. The highest BCUT2D eigenvalue weighted by Crippen LogP contribution is 2.30. The van der Waals surface area contributed by atoms with Crippen molar-refractivity contribution in [2.75, 3.05) is 36.5 Å². The van der Waals surface area contributed by atoms with Crippen LogP contribution in [0.25, 0.3) is 0 Å². The van der Waals surface area contributed by atoms with Gasteiger partial charge in [0.15, 0.2) is 0 Å². The molecule has 3 rings (SSSR count). The number of benzene rings is 1. The van der Waals surface area contributed by atoms with Crippen LogP contribution in [0.4, 0.5) is 11.4 Å². The van der Waals surface area contributed by atoms with Gasteiger partial charge in [0.2, 0.25) is 11.8 Å². The first-order valence-corrected chi connectivity index (χ1v) is 8.72. The molecule has 1 unspecified atom stereocenters. The number of hydrogen-bond acceptors (Lipinski definition) is 5. The molecule has 2 heterocycles. The molecule has 0 radical (unpaired) electrons. The van der Waals surface area contributed by atoms with Crippen molar-refractivity contribution < 1.29 is 14.3 Å². The van der Waals surface area contributed by atoms with Gasteiger partial charge in [0.05, 0.1) is 30.3 Å². The van der Waals surface area contributed by atoms with Gasteiger partial charge in [-0.15, -0.1) is 0 Å². The molecule has 7 nitrogen and oxygen atoms in total. The van der Waals surface area contributed by atoms with E-state index in [1.165, 1.54) is 0 Å². The van der Waals surface area contributed by atoms with E-state index >= 15 is 0 Å². The van der Waals surface area contributed by atoms with E-state index in [0.29, 0.717) is 26.1 Å². The van der Waals surface area contributed by atoms with Gasteiger partial charge < -0.3 is 15.0 Å². The van der Waals surface area contributed by atoms with Crippen molar-refractivity contribution >= 4 is 28.9 Å². The van der Waals surface area contributed by atoms with Crippen LogP contribution in [0, 0.1) is 5.92 Å². The van der Waals surface area contributed by atoms with Crippen LogP contribution in [0.3, 0.4) is 0 Å². The number of carbonyl (C=O) groups is 2. The number of anilines is 2. The zero-order valence-corrected chi connectivity index (χ0v) is 14.7. The second-order valence-corrected chi connectivity index (χ2v) is 6.37. The number of carbonyl (C=O) groups excluding carboxylic acids is 2. The second-order valence-electron chi connectivity index (χ2n) is 6.37. The smallest absolute Gasteiger partial charge is 0.240 e. The zero-order chi connectivity index (χ0) is 17.8. The number of ether oxygens (including phenoxy) is 1. The van der Waals surface area contributed by atoms with E-state index in [4.69, 9.17) is 4.74 Å². The third-order valence-electron chi connectivity index (χ3n) is 4.50. The molecule has 7 heteroatoms. The molecule has 2 N–H and O–H groups in total. The molecule has 0 aromatic heterocycles. The number of nitrogens with one attached hydrogen (secondary N) is 2. The Hall–Kier alpha value is -2.41. The second kappa shape index (κ2) is 7.65. The minimum absolute atomic E-state index is 0.0291. The highest BCUT2D eigenvalue weighted by Gasteiger charge is 2.23. The Kier molecular flexibility index (Phi) is 5.33. The lowest BCUT2D eigenvalue weighted by atomic mass is 9.93. The van der Waals surface area contributed by atoms with E-state index in [1.807, 2.05) is 32.0 Å². The van der Waals surface area contributed by atoms with Crippen LogP contribution in [0.1, 0.15) is 32.3 Å². The van der Waals surface area contributed by atoms with Gasteiger partial charge in [-0.05, 0) is 12.1 Å². The summed E-state index contributed by atoms with van der Waals surface area (Å²) < 4.78 is 5.42. The van der Waals surface area contributed by atoms with E-state index < -0.39 is 0 Å². The van der Waals surface area contributed by atoms with Crippen molar-refractivity contribution in [2.24, 2.45) is 11.0 Å². The summed E-state index contributed by atoms with van der Waals surface area (Å²) in [7, 11) is 0. The van der Waals surface area contributed by atoms with Crippen molar-refractivity contribution in [3.8, 4) is 0 Å². The van der Waals surface area contributed by atoms with Crippen molar-refractivity contribution in [1.82, 2.24) is 5.43 Å². The van der Waals surface area contributed by atoms with Crippen LogP contribution < -0.4 is 15.6 Å². The number of rotatable bonds is 4. The number of amides is 2. The summed E-state index contributed by atoms with van der Waals surface area (Å²) >= 11 is 0. The third-order valence-corrected chi connectivity index (χ3v) is 4.50. The average molecular weight is 344 g/mol. The number of hydrazone groups is 1. The van der Waals surface area contributed by atoms with Crippen molar-refractivity contribution in [3.63, 3.8) is 0 Å². The summed E-state index contributed by atoms with van der Waals surface area (Å²) in [6, 6.07) is 5.96. The van der Waals surface area contributed by atoms with Gasteiger partial charge in [-0.1, -0.05) is 19.9 Å². The monoisotopic (exact) mass is 344 g/mol. The minimum atomic E-state index is -0.0688. The maximum atomic E-state index is 12.0. The lowest BCUT2D eigenvalue weighted by Crippen LogP contribution is -2.37. The van der Waals surface area contributed by atoms with Crippen molar-refractivity contribution in [3.05, 3.63) is 23.8 Å². The lowest BCUT2D eigenvalue weighted by Gasteiger charge is -2.31. The molecule has 0 aliphatic carbocycles. The number of nitrogens with zero attached hydrogens (tertiary/aromatic N) is 2. The molecule has 2 aliphatic rings. The summed E-state index contributed by atoms with van der Waals surface area (Å²) in [5.41, 5.74) is 6.06. The molecule has 1 aromatic carbocycles. The molecular weight excluding hydrogens is 320 g/mol. The molecule has 0 saturated carbocycles. The summed E-state index contributed by atoms with van der Waals surface area (Å²) in [6.45, 7) is 6.76. The molecule has 1 atom stereocenters. The Morgan fingerprint density at radius 2 is 2.16 bits per heavy atom. The van der Waals surface area contributed by atoms with Gasteiger partial charge >= 0.3 is 0 Å². The molecule has 1 aromatic rings. The Morgan fingerprint density at radius 3 is 2.84 bits per heavy atom. The van der Waals surface area contributed by atoms with E-state index in [9.17, 15) is 9.59 Å². The van der Waals surface area contributed by atoms with Crippen LogP contribution >= 0.6 is 0 Å². The fourth-order valence-corrected chi connectivity index (χ4v) is 3.12. The van der Waals surface area contributed by atoms with E-state index in [-0.39, 0.29) is 17.7 Å². The van der Waals surface area contributed by atoms with Gasteiger partial charge in [-0.25, -0.2) is 5.43 Å². The molecule has 25 heavy (non-hydrogen) atoms. The molecule has 0 bridgehead atoms. The molecule has 1 fully saturated rings. The van der Waals surface area contributed by atoms with Crippen LogP contribution in [0.2, 0.25) is 0 Å². The Labute approximate surface area is 147 Å². The highest BCUT2D eigenvalue weighted by molar-refractivity contribution is 6.07. The van der Waals surface area contributed by atoms with Gasteiger partial charge in [0.25, 0.3) is 0 Å². The molecule has 1 saturated heterocycles. The van der Waals surface area contributed by atoms with E-state index in [2.05, 4.69) is 20.7 Å². The predicted molar refractivity (Wildman–Crippen MR) is 96.9 cm³/mol. The zero-order valence-electron chi connectivity index (χ0n) is 14.7. The predicted octanol–water partition coefficient (Wildman–Crippen LogP) is 1.73. The topological polar surface area (TPSA) is 83.0 Å². The normalized spacial score (nSPS) is 20.7. The highest BCUT2D eigenvalue weighted by atomic mass is 16.5. The number of morpholine rings is 1. The van der Waals surface area contributed by atoms with Gasteiger partial charge in [0, 0.05) is 37.4 Å². The Morgan fingerprint density at radius 1 is 1.40 bits per heavy atom. The first-order chi connectivity index (χ1) is 12.1. The number of hydrogen-bond donors (Lipinski definition) is 2. The van der Waals surface area contributed by atoms with Crippen molar-refractivity contribution in [2.45, 2.75) is 26.7 Å². The molecule has 2 amide bonds. The summed E-state index contributed by atoms with van der Waals surface area (Å²) in [6.07, 6.45) is 0.834. The van der Waals surface area contributed by atoms with Crippen LogP contribution in [-0.2, 0) is 14.3 Å². The van der Waals surface area contributed by atoms with E-state index in [0.717, 1.165) is 35.7 Å². The maximum absolute atomic E-state index is 12.0. The fraction of sp³-hybridized carbons (Fsp3) is 0.500. The third kappa shape index (κ3) is 3.99. The van der Waals surface area contributed by atoms with E-state index in [1.54, 1.807) is 0 Å².